The Hall–Kier alpha value is -0.780. The Morgan fingerprint density at radius 3 is 2.61 bits per heavy atom. The molecule has 0 amide bonds. The maximum absolute atomic E-state index is 4.22. The predicted octanol–water partition coefficient (Wildman–Crippen LogP) is 6.55. The highest BCUT2D eigenvalue weighted by Gasteiger charge is 2.57. The normalized spacial score (nSPS) is 48.7. The van der Waals surface area contributed by atoms with E-state index in [0.29, 0.717) is 10.8 Å². The zero-order chi connectivity index (χ0) is 16.4. The molecule has 0 aliphatic heterocycles. The number of allylic oxidation sites excluding steroid dienone is 5. The topological polar surface area (TPSA) is 0 Å². The largest absolute Gasteiger partial charge is 0.0958 e. The Balaban J connectivity index is 1.71. The average Bonchev–Trinajstić information content (AvgIpc) is 2.85. The van der Waals surface area contributed by atoms with Gasteiger partial charge in [0.05, 0.1) is 0 Å². The minimum Gasteiger partial charge on any atom is -0.0958 e. The first-order valence-corrected chi connectivity index (χ1v) is 9.94. The molecule has 2 fully saturated rings. The monoisotopic (exact) mass is 310 g/mol. The Morgan fingerprint density at radius 1 is 1.09 bits per heavy atom. The van der Waals surface area contributed by atoms with Gasteiger partial charge >= 0.3 is 0 Å². The summed E-state index contributed by atoms with van der Waals surface area (Å²) < 4.78 is 0. The zero-order valence-electron chi connectivity index (χ0n) is 15.6. The van der Waals surface area contributed by atoms with E-state index in [4.69, 9.17) is 0 Å². The standard InChI is InChI=1S/C23H34/c1-15(2)19-8-9-20-18-7-6-17-14-16(3)10-12-22(17,4)21(18)11-13-23(19,20)5/h6-7,14-15,18-21H,3,8-13H2,1-2,4-5H3. The fourth-order valence-electron chi connectivity index (χ4n) is 7.22. The molecule has 6 atom stereocenters. The molecule has 0 heteroatoms. The highest BCUT2D eigenvalue weighted by molar-refractivity contribution is 5.41. The molecule has 0 bridgehead atoms. The van der Waals surface area contributed by atoms with Crippen molar-refractivity contribution >= 4 is 0 Å². The molecular weight excluding hydrogens is 276 g/mol. The van der Waals surface area contributed by atoms with Gasteiger partial charge in [0.1, 0.15) is 0 Å². The molecule has 4 rings (SSSR count). The number of hydrogen-bond donors (Lipinski definition) is 0. The summed E-state index contributed by atoms with van der Waals surface area (Å²) in [6.45, 7) is 14.3. The lowest BCUT2D eigenvalue weighted by Crippen LogP contribution is -2.49. The van der Waals surface area contributed by atoms with Crippen LogP contribution in [0.15, 0.2) is 36.0 Å². The second-order valence-corrected chi connectivity index (χ2v) is 9.80. The van der Waals surface area contributed by atoms with Gasteiger partial charge in [-0.3, -0.25) is 0 Å². The third-order valence-electron chi connectivity index (χ3n) is 8.51. The van der Waals surface area contributed by atoms with E-state index in [1.165, 1.54) is 44.1 Å². The third kappa shape index (κ3) is 2.09. The van der Waals surface area contributed by atoms with E-state index in [2.05, 4.69) is 52.5 Å². The minimum atomic E-state index is 0.415. The molecule has 4 aliphatic carbocycles. The summed E-state index contributed by atoms with van der Waals surface area (Å²) in [4.78, 5) is 0. The molecule has 0 saturated heterocycles. The van der Waals surface area contributed by atoms with Crippen molar-refractivity contribution in [3.8, 4) is 0 Å². The first-order valence-electron chi connectivity index (χ1n) is 9.94. The van der Waals surface area contributed by atoms with Crippen molar-refractivity contribution in [3.63, 3.8) is 0 Å². The third-order valence-corrected chi connectivity index (χ3v) is 8.51. The van der Waals surface area contributed by atoms with Crippen LogP contribution in [0.3, 0.4) is 0 Å². The maximum Gasteiger partial charge on any atom is -0.00382 e. The Kier molecular flexibility index (Phi) is 3.49. The van der Waals surface area contributed by atoms with Crippen LogP contribution in [0.5, 0.6) is 0 Å². The number of rotatable bonds is 1. The molecule has 0 radical (unpaired) electrons. The molecule has 0 N–H and O–H groups in total. The first kappa shape index (κ1) is 15.7. The lowest BCUT2D eigenvalue weighted by atomic mass is 9.48. The summed E-state index contributed by atoms with van der Waals surface area (Å²) in [6, 6.07) is 0. The van der Waals surface area contributed by atoms with Crippen molar-refractivity contribution in [3.05, 3.63) is 36.0 Å². The SMILES string of the molecule is C=C1C=C2C=CC3C(CCC4(C)C(C(C)C)CCC34)C2(C)CC1. The summed E-state index contributed by atoms with van der Waals surface area (Å²) in [5, 5.41) is 0. The van der Waals surface area contributed by atoms with E-state index < -0.39 is 0 Å². The van der Waals surface area contributed by atoms with E-state index in [1.807, 2.05) is 0 Å². The molecular formula is C23H34. The fourth-order valence-corrected chi connectivity index (χ4v) is 7.22. The maximum atomic E-state index is 4.22. The van der Waals surface area contributed by atoms with Crippen molar-refractivity contribution in [1.82, 2.24) is 0 Å². The molecule has 0 aromatic heterocycles. The quantitative estimate of drug-likeness (QED) is 0.515. The van der Waals surface area contributed by atoms with E-state index in [9.17, 15) is 0 Å². The van der Waals surface area contributed by atoms with E-state index in [0.717, 1.165) is 29.6 Å². The van der Waals surface area contributed by atoms with Crippen LogP contribution >= 0.6 is 0 Å². The average molecular weight is 311 g/mol. The van der Waals surface area contributed by atoms with Crippen molar-refractivity contribution < 1.29 is 0 Å². The molecule has 126 valence electrons. The molecule has 6 unspecified atom stereocenters. The van der Waals surface area contributed by atoms with Crippen LogP contribution in [0.25, 0.3) is 0 Å². The second-order valence-electron chi connectivity index (χ2n) is 9.80. The van der Waals surface area contributed by atoms with Gasteiger partial charge in [-0.25, -0.2) is 0 Å². The van der Waals surface area contributed by atoms with Gasteiger partial charge in [0.2, 0.25) is 0 Å². The van der Waals surface area contributed by atoms with E-state index in [-0.39, 0.29) is 0 Å². The highest BCUT2D eigenvalue weighted by atomic mass is 14.6. The molecule has 0 aromatic carbocycles. The predicted molar refractivity (Wildman–Crippen MR) is 99.1 cm³/mol. The zero-order valence-corrected chi connectivity index (χ0v) is 15.6. The van der Waals surface area contributed by atoms with Crippen molar-refractivity contribution in [2.75, 3.05) is 0 Å². The molecule has 0 nitrogen and oxygen atoms in total. The van der Waals surface area contributed by atoms with Gasteiger partial charge < -0.3 is 0 Å². The summed E-state index contributed by atoms with van der Waals surface area (Å²) in [7, 11) is 0. The van der Waals surface area contributed by atoms with Crippen LogP contribution in [-0.2, 0) is 0 Å². The van der Waals surface area contributed by atoms with E-state index >= 15 is 0 Å². The molecule has 4 aliphatic rings. The summed E-state index contributed by atoms with van der Waals surface area (Å²) >= 11 is 0. The lowest BCUT2D eigenvalue weighted by molar-refractivity contribution is -0.0227. The van der Waals surface area contributed by atoms with Crippen molar-refractivity contribution in [1.29, 1.82) is 0 Å². The molecule has 0 heterocycles. The van der Waals surface area contributed by atoms with Crippen molar-refractivity contribution in [2.45, 2.75) is 66.2 Å². The Labute approximate surface area is 143 Å². The fraction of sp³-hybridized carbons (Fsp3) is 0.739. The number of fused-ring (bicyclic) bond motifs is 5. The van der Waals surface area contributed by atoms with Gasteiger partial charge in [0, 0.05) is 0 Å². The van der Waals surface area contributed by atoms with Crippen LogP contribution < -0.4 is 0 Å². The van der Waals surface area contributed by atoms with Gasteiger partial charge in [-0.1, -0.05) is 58.1 Å². The van der Waals surface area contributed by atoms with Gasteiger partial charge in [-0.15, -0.1) is 0 Å². The van der Waals surface area contributed by atoms with Crippen LogP contribution in [0.2, 0.25) is 0 Å². The highest BCUT2D eigenvalue weighted by Crippen LogP contribution is 2.66. The van der Waals surface area contributed by atoms with Crippen LogP contribution in [-0.4, -0.2) is 0 Å². The van der Waals surface area contributed by atoms with Gasteiger partial charge in [0.25, 0.3) is 0 Å². The molecule has 23 heavy (non-hydrogen) atoms. The summed E-state index contributed by atoms with van der Waals surface area (Å²) in [5.41, 5.74) is 3.92. The molecule has 0 spiro atoms. The van der Waals surface area contributed by atoms with Crippen LogP contribution in [0.1, 0.15) is 66.2 Å². The minimum absolute atomic E-state index is 0.415. The Morgan fingerprint density at radius 2 is 1.87 bits per heavy atom. The van der Waals surface area contributed by atoms with E-state index in [1.54, 1.807) is 5.57 Å². The molecule has 2 saturated carbocycles. The van der Waals surface area contributed by atoms with Gasteiger partial charge in [0.15, 0.2) is 0 Å². The Bertz CT molecular complexity index is 577. The molecule has 0 aromatic rings. The lowest BCUT2D eigenvalue weighted by Gasteiger charge is -2.56. The van der Waals surface area contributed by atoms with Crippen LogP contribution in [0, 0.1) is 40.4 Å². The summed E-state index contributed by atoms with van der Waals surface area (Å²) in [6.07, 6.45) is 15.8. The smallest absolute Gasteiger partial charge is 0.00382 e. The second kappa shape index (κ2) is 5.11. The van der Waals surface area contributed by atoms with Crippen molar-refractivity contribution in [2.24, 2.45) is 40.4 Å². The van der Waals surface area contributed by atoms with Crippen LogP contribution in [0.4, 0.5) is 0 Å². The van der Waals surface area contributed by atoms with Gasteiger partial charge in [-0.05, 0) is 84.5 Å². The summed E-state index contributed by atoms with van der Waals surface area (Å²) in [5.74, 6) is 4.41. The van der Waals surface area contributed by atoms with Gasteiger partial charge in [-0.2, -0.15) is 0 Å². The first-order chi connectivity index (χ1) is 10.9. The number of hydrogen-bond acceptors (Lipinski definition) is 0.